The van der Waals surface area contributed by atoms with Crippen LogP contribution < -0.4 is 0 Å². The van der Waals surface area contributed by atoms with Crippen LogP contribution in [0.4, 0.5) is 0 Å². The van der Waals surface area contributed by atoms with E-state index in [1.54, 1.807) is 0 Å². The molecule has 0 aromatic heterocycles. The maximum atomic E-state index is 10.7. The second-order valence-corrected chi connectivity index (χ2v) is 2.88. The molecule has 0 N–H and O–H groups in total. The molecular weight excluding hydrogens is 152 g/mol. The van der Waals surface area contributed by atoms with E-state index in [0.717, 1.165) is 11.1 Å². The quantitative estimate of drug-likeness (QED) is 0.475. The van der Waals surface area contributed by atoms with E-state index < -0.39 is 0 Å². The first-order chi connectivity index (χ1) is 5.43. The van der Waals surface area contributed by atoms with Gasteiger partial charge in [0.05, 0.1) is 0 Å². The summed E-state index contributed by atoms with van der Waals surface area (Å²) in [5.41, 5.74) is 1.69. The molecule has 0 aromatic carbocycles. The van der Waals surface area contributed by atoms with E-state index in [9.17, 15) is 9.59 Å². The maximum absolute atomic E-state index is 10.7. The van der Waals surface area contributed by atoms with Gasteiger partial charge in [-0.15, -0.1) is 0 Å². The smallest absolute Gasteiger partial charge is 0.152 e. The van der Waals surface area contributed by atoms with Crippen molar-refractivity contribution in [3.05, 3.63) is 23.3 Å². The van der Waals surface area contributed by atoms with E-state index in [1.807, 2.05) is 13.8 Å². The van der Waals surface area contributed by atoms with Crippen molar-refractivity contribution in [1.82, 2.24) is 0 Å². The van der Waals surface area contributed by atoms with E-state index in [4.69, 9.17) is 0 Å². The molecule has 0 radical (unpaired) electrons. The summed E-state index contributed by atoms with van der Waals surface area (Å²) >= 11 is 0. The predicted molar refractivity (Wildman–Crippen MR) is 48.9 cm³/mol. The Bertz CT molecular complexity index is 229. The molecule has 0 aliphatic carbocycles. The van der Waals surface area contributed by atoms with Gasteiger partial charge in [0, 0.05) is 0 Å². The number of carbonyl (C=O) groups excluding carboxylic acids is 2. The summed E-state index contributed by atoms with van der Waals surface area (Å²) in [4.78, 5) is 21.3. The van der Waals surface area contributed by atoms with Crippen LogP contribution in [-0.4, -0.2) is 11.6 Å². The molecule has 0 fully saturated rings. The highest BCUT2D eigenvalue weighted by molar-refractivity contribution is 5.91. The van der Waals surface area contributed by atoms with E-state index in [2.05, 4.69) is 0 Å². The van der Waals surface area contributed by atoms with Gasteiger partial charge in [-0.05, 0) is 51.0 Å². The van der Waals surface area contributed by atoms with Gasteiger partial charge in [0.15, 0.2) is 11.6 Å². The molecule has 12 heavy (non-hydrogen) atoms. The fourth-order valence-electron chi connectivity index (χ4n) is 0.837. The Kier molecular flexibility index (Phi) is 4.19. The van der Waals surface area contributed by atoms with Gasteiger partial charge in [0.1, 0.15) is 0 Å². The van der Waals surface area contributed by atoms with Crippen LogP contribution in [-0.2, 0) is 9.59 Å². The largest absolute Gasteiger partial charge is 0.295 e. The standard InChI is InChI=1S/C10H14O2/c1-7(5-9(3)11)8(2)6-10(4)12/h5-6H,1-4H3/b7-5+,8-6+. The number of hydrogen-bond acceptors (Lipinski definition) is 2. The Morgan fingerprint density at radius 1 is 0.750 bits per heavy atom. The minimum Gasteiger partial charge on any atom is -0.295 e. The number of ketones is 2. The molecule has 0 aliphatic rings. The minimum absolute atomic E-state index is 0.00352. The van der Waals surface area contributed by atoms with Crippen LogP contribution in [0.5, 0.6) is 0 Å². The molecule has 2 nitrogen and oxygen atoms in total. The topological polar surface area (TPSA) is 34.1 Å². The molecule has 0 spiro atoms. The lowest BCUT2D eigenvalue weighted by atomic mass is 10.1. The normalized spacial score (nSPS) is 13.0. The second kappa shape index (κ2) is 4.65. The van der Waals surface area contributed by atoms with Crippen LogP contribution in [0.3, 0.4) is 0 Å². The van der Waals surface area contributed by atoms with E-state index in [1.165, 1.54) is 26.0 Å². The zero-order chi connectivity index (χ0) is 9.72. The van der Waals surface area contributed by atoms with Crippen molar-refractivity contribution < 1.29 is 9.59 Å². The average molecular weight is 166 g/mol. The second-order valence-electron chi connectivity index (χ2n) is 2.88. The predicted octanol–water partition coefficient (Wildman–Crippen LogP) is 2.06. The van der Waals surface area contributed by atoms with E-state index in [-0.39, 0.29) is 11.6 Å². The summed E-state index contributed by atoms with van der Waals surface area (Å²) in [6, 6.07) is 0. The van der Waals surface area contributed by atoms with Gasteiger partial charge >= 0.3 is 0 Å². The Morgan fingerprint density at radius 3 is 1.17 bits per heavy atom. The summed E-state index contributed by atoms with van der Waals surface area (Å²) in [5, 5.41) is 0. The van der Waals surface area contributed by atoms with Crippen LogP contribution in [0.25, 0.3) is 0 Å². The van der Waals surface area contributed by atoms with Gasteiger partial charge < -0.3 is 0 Å². The molecule has 0 saturated heterocycles. The SMILES string of the molecule is CC(=O)/C=C(C)/C(C)=C/C(C)=O. The highest BCUT2D eigenvalue weighted by atomic mass is 16.1. The Balaban J connectivity index is 4.59. The highest BCUT2D eigenvalue weighted by Gasteiger charge is 1.96. The molecule has 2 heteroatoms. The van der Waals surface area contributed by atoms with Crippen molar-refractivity contribution in [3.8, 4) is 0 Å². The zero-order valence-corrected chi connectivity index (χ0v) is 7.97. The van der Waals surface area contributed by atoms with Crippen molar-refractivity contribution in [1.29, 1.82) is 0 Å². The van der Waals surface area contributed by atoms with Crippen LogP contribution >= 0.6 is 0 Å². The molecule has 0 aromatic rings. The lowest BCUT2D eigenvalue weighted by Crippen LogP contribution is -1.90. The minimum atomic E-state index is 0.00352. The van der Waals surface area contributed by atoms with Gasteiger partial charge in [-0.25, -0.2) is 0 Å². The molecule has 0 unspecified atom stereocenters. The fraction of sp³-hybridized carbons (Fsp3) is 0.400. The van der Waals surface area contributed by atoms with E-state index in [0.29, 0.717) is 0 Å². The van der Waals surface area contributed by atoms with E-state index >= 15 is 0 Å². The highest BCUT2D eigenvalue weighted by Crippen LogP contribution is 2.07. The summed E-state index contributed by atoms with van der Waals surface area (Å²) in [6.07, 6.45) is 3.05. The van der Waals surface area contributed by atoms with Gasteiger partial charge in [-0.2, -0.15) is 0 Å². The number of rotatable bonds is 3. The average Bonchev–Trinajstić information content (AvgIpc) is 1.84. The van der Waals surface area contributed by atoms with Crippen molar-refractivity contribution in [2.24, 2.45) is 0 Å². The van der Waals surface area contributed by atoms with Crippen molar-refractivity contribution in [2.75, 3.05) is 0 Å². The first-order valence-electron chi connectivity index (χ1n) is 3.81. The number of allylic oxidation sites excluding steroid dienone is 4. The molecular formula is C10H14O2. The lowest BCUT2D eigenvalue weighted by molar-refractivity contribution is -0.113. The summed E-state index contributed by atoms with van der Waals surface area (Å²) in [6.45, 7) is 6.61. The molecule has 0 bridgehead atoms. The number of hydrogen-bond donors (Lipinski definition) is 0. The van der Waals surface area contributed by atoms with Gasteiger partial charge in [0.25, 0.3) is 0 Å². The first kappa shape index (κ1) is 10.8. The third-order valence-electron chi connectivity index (χ3n) is 1.46. The molecule has 0 aliphatic heterocycles. The summed E-state index contributed by atoms with van der Waals surface area (Å²) in [5.74, 6) is 0.00704. The van der Waals surface area contributed by atoms with Gasteiger partial charge in [-0.1, -0.05) is 0 Å². The third-order valence-corrected chi connectivity index (χ3v) is 1.46. The zero-order valence-electron chi connectivity index (χ0n) is 7.97. The molecule has 0 rings (SSSR count). The molecule has 0 atom stereocenters. The fourth-order valence-corrected chi connectivity index (χ4v) is 0.837. The Hall–Kier alpha value is -1.18. The molecule has 66 valence electrons. The van der Waals surface area contributed by atoms with Crippen molar-refractivity contribution >= 4 is 11.6 Å². The van der Waals surface area contributed by atoms with Crippen molar-refractivity contribution in [2.45, 2.75) is 27.7 Å². The summed E-state index contributed by atoms with van der Waals surface area (Å²) in [7, 11) is 0. The van der Waals surface area contributed by atoms with Gasteiger partial charge in [-0.3, -0.25) is 9.59 Å². The first-order valence-corrected chi connectivity index (χ1v) is 3.81. The molecule has 0 saturated carbocycles. The Morgan fingerprint density at radius 2 is 1.00 bits per heavy atom. The third kappa shape index (κ3) is 4.61. The van der Waals surface area contributed by atoms with Gasteiger partial charge in [0.2, 0.25) is 0 Å². The molecule has 0 amide bonds. The monoisotopic (exact) mass is 166 g/mol. The van der Waals surface area contributed by atoms with Crippen LogP contribution in [0.2, 0.25) is 0 Å². The maximum Gasteiger partial charge on any atom is 0.152 e. The molecule has 0 heterocycles. The lowest BCUT2D eigenvalue weighted by Gasteiger charge is -1.97. The summed E-state index contributed by atoms with van der Waals surface area (Å²) < 4.78 is 0. The van der Waals surface area contributed by atoms with Crippen LogP contribution in [0.1, 0.15) is 27.7 Å². The Labute approximate surface area is 73.0 Å². The van der Waals surface area contributed by atoms with Crippen LogP contribution in [0, 0.1) is 0 Å². The van der Waals surface area contributed by atoms with Crippen molar-refractivity contribution in [3.63, 3.8) is 0 Å². The number of carbonyl (C=O) groups is 2. The van der Waals surface area contributed by atoms with Crippen LogP contribution in [0.15, 0.2) is 23.3 Å².